The zero-order valence-corrected chi connectivity index (χ0v) is 14.4. The highest BCUT2D eigenvalue weighted by molar-refractivity contribution is 7.99. The Labute approximate surface area is 149 Å². The molecule has 1 heterocycles. The first-order valence-electron chi connectivity index (χ1n) is 7.63. The van der Waals surface area contributed by atoms with Crippen molar-refractivity contribution in [2.75, 3.05) is 11.1 Å². The van der Waals surface area contributed by atoms with E-state index in [1.54, 1.807) is 30.6 Å². The summed E-state index contributed by atoms with van der Waals surface area (Å²) in [5.41, 5.74) is 1.94. The lowest BCUT2D eigenvalue weighted by molar-refractivity contribution is -0.113. The highest BCUT2D eigenvalue weighted by Crippen LogP contribution is 2.20. The highest BCUT2D eigenvalue weighted by Gasteiger charge is 2.12. The fourth-order valence-electron chi connectivity index (χ4n) is 2.30. The van der Waals surface area contributed by atoms with Gasteiger partial charge in [-0.25, -0.2) is 0 Å². The number of para-hydroxylation sites is 2. The van der Waals surface area contributed by atoms with Crippen LogP contribution in [-0.2, 0) is 4.79 Å². The molecule has 1 N–H and O–H groups in total. The van der Waals surface area contributed by atoms with Crippen LogP contribution in [0.2, 0.25) is 0 Å². The Hall–Kier alpha value is -2.93. The summed E-state index contributed by atoms with van der Waals surface area (Å²) < 4.78 is 1.82. The summed E-state index contributed by atoms with van der Waals surface area (Å²) in [6, 6.07) is 16.6. The quantitative estimate of drug-likeness (QED) is 0.544. The van der Waals surface area contributed by atoms with Crippen LogP contribution in [-0.4, -0.2) is 32.2 Å². The van der Waals surface area contributed by atoms with Gasteiger partial charge in [-0.05, 0) is 31.2 Å². The maximum absolute atomic E-state index is 12.2. The smallest absolute Gasteiger partial charge is 0.234 e. The Morgan fingerprint density at radius 2 is 1.80 bits per heavy atom. The number of anilines is 1. The average Bonchev–Trinajstić information content (AvgIpc) is 3.09. The van der Waals surface area contributed by atoms with Gasteiger partial charge >= 0.3 is 0 Å². The van der Waals surface area contributed by atoms with E-state index in [-0.39, 0.29) is 17.4 Å². The molecule has 0 bridgehead atoms. The number of benzene rings is 2. The van der Waals surface area contributed by atoms with Gasteiger partial charge in [0.25, 0.3) is 0 Å². The Morgan fingerprint density at radius 1 is 1.08 bits per heavy atom. The van der Waals surface area contributed by atoms with E-state index in [1.165, 1.54) is 18.7 Å². The van der Waals surface area contributed by atoms with Crippen LogP contribution in [0.5, 0.6) is 0 Å². The molecule has 0 radical (unpaired) electrons. The van der Waals surface area contributed by atoms with Gasteiger partial charge in [-0.15, -0.1) is 10.2 Å². The minimum Gasteiger partial charge on any atom is -0.325 e. The Morgan fingerprint density at radius 3 is 2.56 bits per heavy atom. The molecule has 3 aromatic rings. The largest absolute Gasteiger partial charge is 0.325 e. The van der Waals surface area contributed by atoms with Gasteiger partial charge in [0.2, 0.25) is 5.91 Å². The minimum atomic E-state index is -0.207. The van der Waals surface area contributed by atoms with Crippen LogP contribution in [0.25, 0.3) is 5.69 Å². The molecule has 1 amide bonds. The van der Waals surface area contributed by atoms with Crippen molar-refractivity contribution in [2.45, 2.75) is 12.1 Å². The predicted octanol–water partition coefficient (Wildman–Crippen LogP) is 3.20. The van der Waals surface area contributed by atoms with Crippen LogP contribution >= 0.6 is 11.8 Å². The van der Waals surface area contributed by atoms with Gasteiger partial charge in [0.05, 0.1) is 11.4 Å². The number of carbonyl (C=O) groups is 2. The highest BCUT2D eigenvalue weighted by atomic mass is 32.2. The molecule has 0 saturated carbocycles. The van der Waals surface area contributed by atoms with E-state index in [2.05, 4.69) is 15.5 Å². The maximum Gasteiger partial charge on any atom is 0.234 e. The third kappa shape index (κ3) is 4.13. The van der Waals surface area contributed by atoms with Crippen molar-refractivity contribution in [2.24, 2.45) is 0 Å². The number of ketones is 1. The normalized spacial score (nSPS) is 10.4. The molecule has 7 heteroatoms. The molecular weight excluding hydrogens is 336 g/mol. The Bertz CT molecular complexity index is 893. The van der Waals surface area contributed by atoms with Crippen molar-refractivity contribution in [3.8, 4) is 5.69 Å². The molecule has 0 aliphatic heterocycles. The molecule has 6 nitrogen and oxygen atoms in total. The van der Waals surface area contributed by atoms with E-state index in [0.717, 1.165) is 5.69 Å². The van der Waals surface area contributed by atoms with Crippen molar-refractivity contribution in [3.63, 3.8) is 0 Å². The van der Waals surface area contributed by atoms with Gasteiger partial charge < -0.3 is 5.32 Å². The molecule has 0 unspecified atom stereocenters. The standard InChI is InChI=1S/C18H16N4O2S/c1-13(23)15-9-5-6-10-16(15)20-17(24)11-25-18-21-19-12-22(18)14-7-3-2-4-8-14/h2-10,12H,11H2,1H3,(H,20,24). The fourth-order valence-corrected chi connectivity index (χ4v) is 3.03. The molecule has 0 atom stereocenters. The first kappa shape index (κ1) is 16.9. The number of nitrogens with zero attached hydrogens (tertiary/aromatic N) is 3. The molecule has 25 heavy (non-hydrogen) atoms. The maximum atomic E-state index is 12.2. The van der Waals surface area contributed by atoms with E-state index in [4.69, 9.17) is 0 Å². The third-order valence-corrected chi connectivity index (χ3v) is 4.41. The van der Waals surface area contributed by atoms with Crippen LogP contribution in [0.3, 0.4) is 0 Å². The molecular formula is C18H16N4O2S. The summed E-state index contributed by atoms with van der Waals surface area (Å²) in [5, 5.41) is 11.4. The van der Waals surface area contributed by atoms with Gasteiger partial charge in [-0.2, -0.15) is 0 Å². The summed E-state index contributed by atoms with van der Waals surface area (Å²) in [5.74, 6) is -0.133. The number of Topliss-reactive ketones (excluding diaryl/α,β-unsaturated/α-hetero) is 1. The van der Waals surface area contributed by atoms with Gasteiger partial charge in [0.1, 0.15) is 6.33 Å². The Balaban J connectivity index is 1.67. The zero-order chi connectivity index (χ0) is 17.6. The molecule has 3 rings (SSSR count). The number of aromatic nitrogens is 3. The molecule has 0 aliphatic rings. The van der Waals surface area contributed by atoms with Crippen LogP contribution in [0.1, 0.15) is 17.3 Å². The number of thioether (sulfide) groups is 1. The number of rotatable bonds is 6. The van der Waals surface area contributed by atoms with Crippen molar-refractivity contribution >= 4 is 29.1 Å². The summed E-state index contributed by atoms with van der Waals surface area (Å²) in [7, 11) is 0. The summed E-state index contributed by atoms with van der Waals surface area (Å²) in [4.78, 5) is 23.8. The van der Waals surface area contributed by atoms with Gasteiger partial charge in [-0.1, -0.05) is 42.1 Å². The number of hydrogen-bond donors (Lipinski definition) is 1. The average molecular weight is 352 g/mol. The summed E-state index contributed by atoms with van der Waals surface area (Å²) in [6.45, 7) is 1.47. The van der Waals surface area contributed by atoms with Crippen LogP contribution in [0.15, 0.2) is 66.1 Å². The topological polar surface area (TPSA) is 76.9 Å². The molecule has 126 valence electrons. The molecule has 0 fully saturated rings. The predicted molar refractivity (Wildman–Crippen MR) is 97.2 cm³/mol. The first-order valence-corrected chi connectivity index (χ1v) is 8.62. The van der Waals surface area contributed by atoms with Gasteiger partial charge in [0, 0.05) is 11.3 Å². The van der Waals surface area contributed by atoms with Gasteiger partial charge in [0.15, 0.2) is 10.9 Å². The first-order chi connectivity index (χ1) is 12.1. The van der Waals surface area contributed by atoms with Gasteiger partial charge in [-0.3, -0.25) is 14.2 Å². The molecule has 0 spiro atoms. The lowest BCUT2D eigenvalue weighted by Crippen LogP contribution is -2.16. The van der Waals surface area contributed by atoms with E-state index in [0.29, 0.717) is 16.4 Å². The monoisotopic (exact) mass is 352 g/mol. The number of hydrogen-bond acceptors (Lipinski definition) is 5. The summed E-state index contributed by atoms with van der Waals surface area (Å²) >= 11 is 1.28. The number of amides is 1. The van der Waals surface area contributed by atoms with Crippen molar-refractivity contribution in [1.82, 2.24) is 14.8 Å². The number of carbonyl (C=O) groups excluding carboxylic acids is 2. The second-order valence-corrected chi connectivity index (χ2v) is 6.20. The Kier molecular flexibility index (Phi) is 5.25. The number of nitrogens with one attached hydrogen (secondary N) is 1. The lowest BCUT2D eigenvalue weighted by atomic mass is 10.1. The molecule has 1 aromatic heterocycles. The lowest BCUT2D eigenvalue weighted by Gasteiger charge is -2.09. The van der Waals surface area contributed by atoms with Crippen molar-refractivity contribution < 1.29 is 9.59 Å². The minimum absolute atomic E-state index is 0.0904. The second kappa shape index (κ2) is 7.76. The SMILES string of the molecule is CC(=O)c1ccccc1NC(=O)CSc1nncn1-c1ccccc1. The summed E-state index contributed by atoms with van der Waals surface area (Å²) in [6.07, 6.45) is 1.61. The third-order valence-electron chi connectivity index (χ3n) is 3.46. The molecule has 0 saturated heterocycles. The second-order valence-electron chi connectivity index (χ2n) is 5.26. The molecule has 2 aromatic carbocycles. The molecule has 0 aliphatic carbocycles. The van der Waals surface area contributed by atoms with Crippen molar-refractivity contribution in [1.29, 1.82) is 0 Å². The van der Waals surface area contributed by atoms with E-state index in [1.807, 2.05) is 34.9 Å². The van der Waals surface area contributed by atoms with E-state index >= 15 is 0 Å². The van der Waals surface area contributed by atoms with Crippen LogP contribution < -0.4 is 5.32 Å². The van der Waals surface area contributed by atoms with E-state index in [9.17, 15) is 9.59 Å². The van der Waals surface area contributed by atoms with Crippen LogP contribution in [0, 0.1) is 0 Å². The van der Waals surface area contributed by atoms with Crippen molar-refractivity contribution in [3.05, 3.63) is 66.5 Å². The zero-order valence-electron chi connectivity index (χ0n) is 13.5. The fraction of sp³-hybridized carbons (Fsp3) is 0.111. The van der Waals surface area contributed by atoms with Crippen LogP contribution in [0.4, 0.5) is 5.69 Å². The van der Waals surface area contributed by atoms with E-state index < -0.39 is 0 Å².